The van der Waals surface area contributed by atoms with Gasteiger partial charge in [-0.05, 0) is 30.7 Å². The Hall–Kier alpha value is -3.15. The molecule has 2 heterocycles. The van der Waals surface area contributed by atoms with Gasteiger partial charge in [0, 0.05) is 17.2 Å². The number of benzene rings is 2. The highest BCUT2D eigenvalue weighted by Gasteiger charge is 2.31. The number of aryl methyl sites for hydroxylation is 1. The summed E-state index contributed by atoms with van der Waals surface area (Å²) in [4.78, 5) is 12.1. The Morgan fingerprint density at radius 1 is 1.12 bits per heavy atom. The molecule has 0 spiro atoms. The number of anilines is 1. The first kappa shape index (κ1) is 15.4. The van der Waals surface area contributed by atoms with Gasteiger partial charge in [0.25, 0.3) is 5.82 Å². The lowest BCUT2D eigenvalue weighted by molar-refractivity contribution is -0.714. The molecule has 2 N–H and O–H groups in total. The molecule has 4 rings (SSSR count). The molecule has 0 saturated carbocycles. The van der Waals surface area contributed by atoms with Crippen molar-refractivity contribution in [1.82, 2.24) is 15.1 Å². The number of hydrogen-bond acceptors (Lipinski definition) is 2. The number of urea groups is 1. The first-order valence-corrected chi connectivity index (χ1v) is 8.44. The third kappa shape index (κ3) is 3.38. The molecule has 6 heteroatoms. The maximum Gasteiger partial charge on any atom is 0.319 e. The fourth-order valence-electron chi connectivity index (χ4n) is 3.12. The van der Waals surface area contributed by atoms with Crippen LogP contribution in [0, 0.1) is 0 Å². The molecule has 0 saturated heterocycles. The fraction of sp³-hybridized carbons (Fsp3) is 0.211. The average molecular weight is 334 g/mol. The van der Waals surface area contributed by atoms with Gasteiger partial charge < -0.3 is 10.6 Å². The molecular weight excluding hydrogens is 314 g/mol. The monoisotopic (exact) mass is 334 g/mol. The number of rotatable bonds is 4. The van der Waals surface area contributed by atoms with Gasteiger partial charge in [0.05, 0.1) is 12.6 Å². The number of nitrogens with zero attached hydrogens (tertiary/aromatic N) is 3. The highest BCUT2D eigenvalue weighted by atomic mass is 16.2. The third-order valence-corrected chi connectivity index (χ3v) is 4.40. The van der Waals surface area contributed by atoms with E-state index in [4.69, 9.17) is 0 Å². The minimum atomic E-state index is -0.185. The Morgan fingerprint density at radius 3 is 2.60 bits per heavy atom. The quantitative estimate of drug-likeness (QED) is 0.720. The van der Waals surface area contributed by atoms with Crippen LogP contribution in [-0.2, 0) is 6.42 Å². The Kier molecular flexibility index (Phi) is 4.16. The molecule has 1 aliphatic rings. The molecule has 1 atom stereocenters. The molecule has 6 nitrogen and oxygen atoms in total. The molecule has 1 aliphatic heterocycles. The van der Waals surface area contributed by atoms with Crippen molar-refractivity contribution in [2.45, 2.75) is 18.9 Å². The van der Waals surface area contributed by atoms with E-state index in [1.54, 1.807) is 0 Å². The highest BCUT2D eigenvalue weighted by molar-refractivity contribution is 5.89. The Labute approximate surface area is 146 Å². The summed E-state index contributed by atoms with van der Waals surface area (Å²) in [6, 6.07) is 19.5. The predicted octanol–water partition coefficient (Wildman–Crippen LogP) is 2.47. The molecule has 0 radical (unpaired) electrons. The van der Waals surface area contributed by atoms with Crippen molar-refractivity contribution in [3.63, 3.8) is 0 Å². The number of hydrogen-bond donors (Lipinski definition) is 2. The summed E-state index contributed by atoms with van der Waals surface area (Å²) in [6.45, 7) is 0.580. The minimum Gasteiger partial charge on any atom is -0.334 e. The van der Waals surface area contributed by atoms with Crippen LogP contribution in [0.5, 0.6) is 0 Å². The number of amides is 2. The summed E-state index contributed by atoms with van der Waals surface area (Å²) in [6.07, 6.45) is 3.93. The van der Waals surface area contributed by atoms with Crippen LogP contribution < -0.4 is 15.2 Å². The summed E-state index contributed by atoms with van der Waals surface area (Å²) in [7, 11) is 0. The zero-order valence-corrected chi connectivity index (χ0v) is 13.8. The molecule has 3 aromatic rings. The summed E-state index contributed by atoms with van der Waals surface area (Å²) >= 11 is 0. The van der Waals surface area contributed by atoms with Crippen LogP contribution in [-0.4, -0.2) is 22.4 Å². The molecule has 2 amide bonds. The van der Waals surface area contributed by atoms with Crippen molar-refractivity contribution >= 4 is 11.7 Å². The molecule has 25 heavy (non-hydrogen) atoms. The van der Waals surface area contributed by atoms with Crippen LogP contribution in [0.15, 0.2) is 67.0 Å². The molecule has 1 aromatic heterocycles. The zero-order valence-electron chi connectivity index (χ0n) is 13.8. The topological polar surface area (TPSA) is 62.8 Å². The zero-order chi connectivity index (χ0) is 17.1. The van der Waals surface area contributed by atoms with Gasteiger partial charge in [-0.2, -0.15) is 0 Å². The van der Waals surface area contributed by atoms with Crippen molar-refractivity contribution in [3.8, 4) is 5.69 Å². The summed E-state index contributed by atoms with van der Waals surface area (Å²) in [5.41, 5.74) is 1.83. The molecule has 0 bridgehead atoms. The lowest BCUT2D eigenvalue weighted by Gasteiger charge is -2.11. The molecular formula is C19H20N5O+. The molecule has 0 aliphatic carbocycles. The van der Waals surface area contributed by atoms with Crippen molar-refractivity contribution in [3.05, 3.63) is 72.8 Å². The van der Waals surface area contributed by atoms with Crippen LogP contribution in [0.3, 0.4) is 0 Å². The second kappa shape index (κ2) is 6.76. The van der Waals surface area contributed by atoms with Crippen LogP contribution >= 0.6 is 0 Å². The van der Waals surface area contributed by atoms with E-state index in [1.165, 1.54) is 0 Å². The van der Waals surface area contributed by atoms with E-state index in [9.17, 15) is 4.79 Å². The Morgan fingerprint density at radius 2 is 1.84 bits per heavy atom. The van der Waals surface area contributed by atoms with Crippen LogP contribution in [0.4, 0.5) is 10.5 Å². The summed E-state index contributed by atoms with van der Waals surface area (Å²) < 4.78 is 4.06. The van der Waals surface area contributed by atoms with Gasteiger partial charge >= 0.3 is 6.03 Å². The van der Waals surface area contributed by atoms with Gasteiger partial charge in [0.15, 0.2) is 0 Å². The predicted molar refractivity (Wildman–Crippen MR) is 94.6 cm³/mol. The molecule has 0 fully saturated rings. The van der Waals surface area contributed by atoms with E-state index in [-0.39, 0.29) is 12.1 Å². The van der Waals surface area contributed by atoms with Crippen LogP contribution in [0.1, 0.15) is 18.3 Å². The standard InChI is InChI=1S/C19H19N5O/c25-19(21-15-7-3-1-4-8-15)20-13-17-11-12-18-22-24(14-23(17)18)16-9-5-2-6-10-16/h1-10,14,17H,11-13H2,(H-,20,21,25)/p+1/t17-/m0/s1. The summed E-state index contributed by atoms with van der Waals surface area (Å²) in [5, 5.41) is 10.5. The lowest BCUT2D eigenvalue weighted by atomic mass is 10.2. The van der Waals surface area contributed by atoms with Gasteiger partial charge in [-0.25, -0.2) is 9.36 Å². The molecule has 2 aromatic carbocycles. The first-order valence-electron chi connectivity index (χ1n) is 8.44. The Balaban J connectivity index is 1.39. The maximum atomic E-state index is 12.1. The minimum absolute atomic E-state index is 0.185. The van der Waals surface area contributed by atoms with Gasteiger partial charge in [-0.1, -0.05) is 41.1 Å². The number of nitrogens with one attached hydrogen (secondary N) is 2. The van der Waals surface area contributed by atoms with E-state index in [1.807, 2.05) is 71.7 Å². The van der Waals surface area contributed by atoms with E-state index in [0.717, 1.165) is 30.0 Å². The SMILES string of the molecule is O=C(NC[C@@H]1CCc2nn(-c3ccccc3)c[n+]21)Nc1ccccc1. The third-order valence-electron chi connectivity index (χ3n) is 4.40. The van der Waals surface area contributed by atoms with Crippen LogP contribution in [0.25, 0.3) is 5.69 Å². The summed E-state index contributed by atoms with van der Waals surface area (Å²) in [5.74, 6) is 1.05. The van der Waals surface area contributed by atoms with Crippen molar-refractivity contribution in [1.29, 1.82) is 0 Å². The van der Waals surface area contributed by atoms with Crippen molar-refractivity contribution in [2.75, 3.05) is 11.9 Å². The van der Waals surface area contributed by atoms with Gasteiger partial charge in [0.2, 0.25) is 6.33 Å². The number of carbonyl (C=O) groups is 1. The van der Waals surface area contributed by atoms with Gasteiger partial charge in [-0.3, -0.25) is 0 Å². The molecule has 126 valence electrons. The van der Waals surface area contributed by atoms with Gasteiger partial charge in [0.1, 0.15) is 5.69 Å². The van der Waals surface area contributed by atoms with E-state index >= 15 is 0 Å². The lowest BCUT2D eigenvalue weighted by Crippen LogP contribution is -2.44. The van der Waals surface area contributed by atoms with Crippen molar-refractivity contribution in [2.24, 2.45) is 0 Å². The largest absolute Gasteiger partial charge is 0.334 e. The first-order chi connectivity index (χ1) is 12.3. The second-order valence-corrected chi connectivity index (χ2v) is 6.11. The second-order valence-electron chi connectivity index (χ2n) is 6.11. The number of para-hydroxylation sites is 2. The van der Waals surface area contributed by atoms with Gasteiger partial charge in [-0.15, -0.1) is 0 Å². The van der Waals surface area contributed by atoms with E-state index < -0.39 is 0 Å². The van der Waals surface area contributed by atoms with Crippen molar-refractivity contribution < 1.29 is 9.36 Å². The molecule has 0 unspecified atom stereocenters. The highest BCUT2D eigenvalue weighted by Crippen LogP contribution is 2.16. The fourth-order valence-corrected chi connectivity index (χ4v) is 3.12. The van der Waals surface area contributed by atoms with Crippen LogP contribution in [0.2, 0.25) is 0 Å². The maximum absolute atomic E-state index is 12.1. The Bertz CT molecular complexity index is 860. The average Bonchev–Trinajstić information content (AvgIpc) is 3.23. The normalized spacial score (nSPS) is 15.6. The smallest absolute Gasteiger partial charge is 0.319 e. The van der Waals surface area contributed by atoms with E-state index in [2.05, 4.69) is 20.3 Å². The number of carbonyl (C=O) groups excluding carboxylic acids is 1. The number of aromatic nitrogens is 3. The number of fused-ring (bicyclic) bond motifs is 1. The van der Waals surface area contributed by atoms with E-state index in [0.29, 0.717) is 6.54 Å².